The Morgan fingerprint density at radius 3 is 2.44 bits per heavy atom. The fourth-order valence-electron chi connectivity index (χ4n) is 2.87. The standard InChI is InChI=1S/C14H10Cl2N4O5/c1-25-12(22)10-5-14(20(17-10)18-24)6-11(21)19(13(14)23)9-3-7(15)2-8(16)4-9/h2-4H,5-6H2,1H3/t14-/m1/s1. The lowest BCUT2D eigenvalue weighted by atomic mass is 9.92. The molecule has 0 aromatic heterocycles. The van der Waals surface area contributed by atoms with Gasteiger partial charge in [-0.2, -0.15) is 0 Å². The maximum absolute atomic E-state index is 12.9. The van der Waals surface area contributed by atoms with Gasteiger partial charge in [0.05, 0.1) is 24.5 Å². The van der Waals surface area contributed by atoms with Crippen LogP contribution >= 0.6 is 23.2 Å². The molecule has 1 aromatic carbocycles. The van der Waals surface area contributed by atoms with Crippen LogP contribution in [0.25, 0.3) is 0 Å². The van der Waals surface area contributed by atoms with E-state index in [9.17, 15) is 19.3 Å². The maximum atomic E-state index is 12.9. The van der Waals surface area contributed by atoms with Crippen LogP contribution in [0, 0.1) is 4.91 Å². The van der Waals surface area contributed by atoms with Gasteiger partial charge < -0.3 is 4.74 Å². The number of hydrogen-bond donors (Lipinski definition) is 0. The van der Waals surface area contributed by atoms with Crippen molar-refractivity contribution in [1.82, 2.24) is 5.12 Å². The molecule has 2 heterocycles. The van der Waals surface area contributed by atoms with E-state index >= 15 is 0 Å². The summed E-state index contributed by atoms with van der Waals surface area (Å²) in [6.07, 6.45) is -0.660. The molecule has 1 atom stereocenters. The number of hydrazone groups is 1. The van der Waals surface area contributed by atoms with Crippen molar-refractivity contribution >= 4 is 52.4 Å². The molecule has 2 amide bonds. The SMILES string of the molecule is COC(=O)C1=NN(N=O)[C@@]2(CC(=O)N(c3cc(Cl)cc(Cl)c3)C2=O)C1. The quantitative estimate of drug-likeness (QED) is 0.447. The van der Waals surface area contributed by atoms with Crippen LogP contribution in [0.5, 0.6) is 0 Å². The number of ether oxygens (including phenoxy) is 1. The molecule has 0 unspecified atom stereocenters. The molecule has 11 heteroatoms. The van der Waals surface area contributed by atoms with Crippen LogP contribution in [0.15, 0.2) is 28.6 Å². The van der Waals surface area contributed by atoms with Crippen molar-refractivity contribution in [1.29, 1.82) is 0 Å². The third-order valence-corrected chi connectivity index (χ3v) is 4.39. The minimum Gasteiger partial charge on any atom is -0.464 e. The number of benzene rings is 1. The van der Waals surface area contributed by atoms with Gasteiger partial charge >= 0.3 is 5.97 Å². The summed E-state index contributed by atoms with van der Waals surface area (Å²) in [6.45, 7) is 0. The minimum atomic E-state index is -1.70. The third-order valence-electron chi connectivity index (χ3n) is 3.96. The van der Waals surface area contributed by atoms with Crippen molar-refractivity contribution in [3.63, 3.8) is 0 Å². The first-order valence-electron chi connectivity index (χ1n) is 6.95. The molecular weight excluding hydrogens is 375 g/mol. The Labute approximate surface area is 151 Å². The first-order chi connectivity index (χ1) is 11.8. The number of rotatable bonds is 3. The Hall–Kier alpha value is -2.52. The van der Waals surface area contributed by atoms with E-state index in [1.165, 1.54) is 18.2 Å². The van der Waals surface area contributed by atoms with Gasteiger partial charge in [-0.05, 0) is 18.2 Å². The molecule has 130 valence electrons. The van der Waals surface area contributed by atoms with Crippen molar-refractivity contribution in [3.05, 3.63) is 33.2 Å². The second-order valence-electron chi connectivity index (χ2n) is 5.46. The first kappa shape index (κ1) is 17.3. The highest BCUT2D eigenvalue weighted by atomic mass is 35.5. The van der Waals surface area contributed by atoms with Crippen molar-refractivity contribution in [2.24, 2.45) is 10.4 Å². The molecule has 1 fully saturated rings. The third kappa shape index (κ3) is 2.65. The van der Waals surface area contributed by atoms with E-state index in [1.54, 1.807) is 0 Å². The summed E-state index contributed by atoms with van der Waals surface area (Å²) >= 11 is 11.8. The fraction of sp³-hybridized carbons (Fsp3) is 0.286. The van der Waals surface area contributed by atoms with Crippen molar-refractivity contribution in [2.45, 2.75) is 18.4 Å². The zero-order valence-electron chi connectivity index (χ0n) is 12.7. The number of halogens is 2. The number of nitrogens with zero attached hydrogens (tertiary/aromatic N) is 4. The summed E-state index contributed by atoms with van der Waals surface area (Å²) in [5, 5.41) is 7.38. The van der Waals surface area contributed by atoms with Crippen LogP contribution in [0.2, 0.25) is 10.0 Å². The summed E-state index contributed by atoms with van der Waals surface area (Å²) in [7, 11) is 1.14. The Morgan fingerprint density at radius 1 is 1.24 bits per heavy atom. The summed E-state index contributed by atoms with van der Waals surface area (Å²) in [5.41, 5.74) is -1.71. The van der Waals surface area contributed by atoms with Gasteiger partial charge in [-0.1, -0.05) is 23.2 Å². The van der Waals surface area contributed by atoms with E-state index in [4.69, 9.17) is 23.2 Å². The van der Waals surface area contributed by atoms with Crippen LogP contribution < -0.4 is 4.90 Å². The average Bonchev–Trinajstić information content (AvgIpc) is 3.04. The van der Waals surface area contributed by atoms with Gasteiger partial charge in [-0.25, -0.2) is 9.69 Å². The number of esters is 1. The van der Waals surface area contributed by atoms with E-state index in [-0.39, 0.29) is 34.3 Å². The maximum Gasteiger partial charge on any atom is 0.354 e. The van der Waals surface area contributed by atoms with E-state index in [0.29, 0.717) is 5.12 Å². The van der Waals surface area contributed by atoms with Gasteiger partial charge in [0, 0.05) is 16.5 Å². The number of carbonyl (C=O) groups is 3. The van der Waals surface area contributed by atoms with E-state index in [2.05, 4.69) is 15.1 Å². The number of methoxy groups -OCH3 is 1. The Bertz CT molecular complexity index is 822. The largest absolute Gasteiger partial charge is 0.464 e. The zero-order chi connectivity index (χ0) is 18.4. The zero-order valence-corrected chi connectivity index (χ0v) is 14.2. The predicted octanol–water partition coefficient (Wildman–Crippen LogP) is 1.91. The van der Waals surface area contributed by atoms with Crippen LogP contribution in [-0.2, 0) is 19.1 Å². The Balaban J connectivity index is 2.01. The van der Waals surface area contributed by atoms with Crippen LogP contribution in [0.3, 0.4) is 0 Å². The van der Waals surface area contributed by atoms with E-state index < -0.39 is 23.3 Å². The van der Waals surface area contributed by atoms with Crippen LogP contribution in [0.1, 0.15) is 12.8 Å². The molecule has 0 saturated carbocycles. The van der Waals surface area contributed by atoms with E-state index in [0.717, 1.165) is 12.0 Å². The Morgan fingerprint density at radius 2 is 1.88 bits per heavy atom. The average molecular weight is 385 g/mol. The first-order valence-corrected chi connectivity index (χ1v) is 7.71. The fourth-order valence-corrected chi connectivity index (χ4v) is 3.39. The number of amides is 2. The molecule has 2 aliphatic heterocycles. The van der Waals surface area contributed by atoms with Gasteiger partial charge in [0.1, 0.15) is 0 Å². The number of imide groups is 1. The van der Waals surface area contributed by atoms with Gasteiger partial charge in [0.2, 0.25) is 5.91 Å². The summed E-state index contributed by atoms with van der Waals surface area (Å²) < 4.78 is 4.55. The topological polar surface area (TPSA) is 109 Å². The molecule has 1 aromatic rings. The number of hydrogen-bond acceptors (Lipinski definition) is 7. The lowest BCUT2D eigenvalue weighted by molar-refractivity contribution is -0.132. The van der Waals surface area contributed by atoms with Gasteiger partial charge in [0.25, 0.3) is 5.91 Å². The monoisotopic (exact) mass is 384 g/mol. The number of carbonyl (C=O) groups excluding carboxylic acids is 3. The molecular formula is C14H10Cl2N4O5. The molecule has 25 heavy (non-hydrogen) atoms. The van der Waals surface area contributed by atoms with Crippen molar-refractivity contribution < 1.29 is 19.1 Å². The molecule has 1 saturated heterocycles. The predicted molar refractivity (Wildman–Crippen MR) is 88.0 cm³/mol. The number of nitroso groups, excluding NO2 is 1. The second kappa shape index (κ2) is 6.08. The van der Waals surface area contributed by atoms with Gasteiger partial charge in [-0.15, -0.1) is 15.1 Å². The van der Waals surface area contributed by atoms with Gasteiger partial charge in [0.15, 0.2) is 11.3 Å². The molecule has 0 radical (unpaired) electrons. The summed E-state index contributed by atoms with van der Waals surface area (Å²) in [4.78, 5) is 49.0. The summed E-state index contributed by atoms with van der Waals surface area (Å²) in [5.74, 6) is -2.16. The van der Waals surface area contributed by atoms with Crippen LogP contribution in [0.4, 0.5) is 5.69 Å². The smallest absolute Gasteiger partial charge is 0.354 e. The van der Waals surface area contributed by atoms with Crippen LogP contribution in [-0.4, -0.2) is 41.3 Å². The molecule has 0 bridgehead atoms. The molecule has 3 rings (SSSR count). The molecule has 0 N–H and O–H groups in total. The molecule has 9 nitrogen and oxygen atoms in total. The summed E-state index contributed by atoms with van der Waals surface area (Å²) in [6, 6.07) is 4.22. The van der Waals surface area contributed by atoms with E-state index in [1.807, 2.05) is 0 Å². The highest BCUT2D eigenvalue weighted by molar-refractivity contribution is 6.39. The normalized spacial score (nSPS) is 22.6. The highest BCUT2D eigenvalue weighted by Crippen LogP contribution is 2.41. The van der Waals surface area contributed by atoms with Crippen molar-refractivity contribution in [3.8, 4) is 0 Å². The molecule has 0 aliphatic carbocycles. The molecule has 1 spiro atoms. The van der Waals surface area contributed by atoms with Crippen molar-refractivity contribution in [2.75, 3.05) is 12.0 Å². The lowest BCUT2D eigenvalue weighted by Crippen LogP contribution is -2.48. The minimum absolute atomic E-state index is 0.154. The number of anilines is 1. The second-order valence-corrected chi connectivity index (χ2v) is 6.33. The van der Waals surface area contributed by atoms with Gasteiger partial charge in [-0.3, -0.25) is 9.59 Å². The lowest BCUT2D eigenvalue weighted by Gasteiger charge is -2.24. The Kier molecular flexibility index (Phi) is 4.21. The molecule has 2 aliphatic rings. The highest BCUT2D eigenvalue weighted by Gasteiger charge is 2.61.